The molecule has 1 rings (SSSR count). The van der Waals surface area contributed by atoms with Crippen LogP contribution in [0, 0.1) is 10.1 Å². The maximum atomic E-state index is 11.2. The molecular weight excluding hydrogens is 284 g/mol. The van der Waals surface area contributed by atoms with E-state index in [9.17, 15) is 20.0 Å². The Morgan fingerprint density at radius 1 is 1.55 bits per heavy atom. The summed E-state index contributed by atoms with van der Waals surface area (Å²) in [6.07, 6.45) is 1.84. The second-order valence-corrected chi connectivity index (χ2v) is 5.26. The van der Waals surface area contributed by atoms with Gasteiger partial charge in [-0.1, -0.05) is 0 Å². The molecule has 0 bridgehead atoms. The highest BCUT2D eigenvalue weighted by molar-refractivity contribution is 7.99. The van der Waals surface area contributed by atoms with Gasteiger partial charge in [0.15, 0.2) is 0 Å². The summed E-state index contributed by atoms with van der Waals surface area (Å²) in [5.74, 6) is -1.24. The topological polar surface area (TPSA) is 113 Å². The second kappa shape index (κ2) is 7.11. The van der Waals surface area contributed by atoms with Gasteiger partial charge in [-0.3, -0.25) is 10.1 Å². The van der Waals surface area contributed by atoms with Crippen molar-refractivity contribution in [3.63, 3.8) is 0 Å². The first kappa shape index (κ1) is 16.3. The molecule has 3 N–H and O–H groups in total. The number of nitrogens with one attached hydrogen (secondary N) is 1. The van der Waals surface area contributed by atoms with Crippen molar-refractivity contribution in [1.82, 2.24) is 0 Å². The molecule has 0 spiro atoms. The highest BCUT2D eigenvalue weighted by Gasteiger charge is 2.20. The third kappa shape index (κ3) is 3.84. The van der Waals surface area contributed by atoms with E-state index in [1.165, 1.54) is 23.9 Å². The van der Waals surface area contributed by atoms with Gasteiger partial charge in [-0.2, -0.15) is 11.8 Å². The molecule has 7 nitrogen and oxygen atoms in total. The molecule has 0 amide bonds. The van der Waals surface area contributed by atoms with Crippen molar-refractivity contribution in [3.8, 4) is 0 Å². The molecule has 0 saturated heterocycles. The number of anilines is 1. The number of nitro groups is 1. The summed E-state index contributed by atoms with van der Waals surface area (Å²) in [5.41, 5.74) is -0.142. The predicted molar refractivity (Wildman–Crippen MR) is 77.5 cm³/mol. The number of aromatic carboxylic acids is 1. The molecule has 0 radical (unpaired) electrons. The molecule has 2 atom stereocenters. The van der Waals surface area contributed by atoms with Crippen LogP contribution >= 0.6 is 11.8 Å². The van der Waals surface area contributed by atoms with Gasteiger partial charge in [-0.15, -0.1) is 0 Å². The zero-order valence-corrected chi connectivity index (χ0v) is 11.9. The zero-order chi connectivity index (χ0) is 15.3. The lowest BCUT2D eigenvalue weighted by atomic mass is 10.1. The van der Waals surface area contributed by atoms with E-state index < -0.39 is 10.9 Å². The van der Waals surface area contributed by atoms with Gasteiger partial charge in [-0.25, -0.2) is 4.79 Å². The van der Waals surface area contributed by atoms with Crippen LogP contribution in [0.4, 0.5) is 11.4 Å². The fourth-order valence-electron chi connectivity index (χ4n) is 1.72. The quantitative estimate of drug-likeness (QED) is 0.520. The predicted octanol–water partition coefficient (Wildman–Crippen LogP) is 1.82. The van der Waals surface area contributed by atoms with Crippen molar-refractivity contribution in [2.24, 2.45) is 0 Å². The van der Waals surface area contributed by atoms with Gasteiger partial charge in [0.05, 0.1) is 17.1 Å². The summed E-state index contributed by atoms with van der Waals surface area (Å²) in [4.78, 5) is 21.2. The summed E-state index contributed by atoms with van der Waals surface area (Å²) >= 11 is 1.45. The number of rotatable bonds is 7. The number of aliphatic hydroxyl groups excluding tert-OH is 1. The lowest BCUT2D eigenvalue weighted by Gasteiger charge is -2.23. The number of carboxylic acids is 1. The fourth-order valence-corrected chi connectivity index (χ4v) is 2.35. The minimum absolute atomic E-state index is 0.0509. The molecule has 2 unspecified atom stereocenters. The van der Waals surface area contributed by atoms with E-state index in [4.69, 9.17) is 5.11 Å². The maximum absolute atomic E-state index is 11.2. The number of nitrogens with zero attached hydrogens (tertiary/aromatic N) is 1. The van der Waals surface area contributed by atoms with Crippen molar-refractivity contribution < 1.29 is 19.9 Å². The van der Waals surface area contributed by atoms with E-state index >= 15 is 0 Å². The first-order valence-electron chi connectivity index (χ1n) is 5.82. The lowest BCUT2D eigenvalue weighted by Crippen LogP contribution is -2.31. The Morgan fingerprint density at radius 3 is 2.65 bits per heavy atom. The van der Waals surface area contributed by atoms with Gasteiger partial charge < -0.3 is 15.5 Å². The van der Waals surface area contributed by atoms with Crippen molar-refractivity contribution in [3.05, 3.63) is 33.9 Å². The van der Waals surface area contributed by atoms with Crippen LogP contribution in [0.1, 0.15) is 17.3 Å². The SMILES string of the molecule is CSC(CO)C(C)Nc1ccc([N+](=O)[O-])cc1C(=O)O. The van der Waals surface area contributed by atoms with Gasteiger partial charge in [0, 0.05) is 29.1 Å². The molecule has 1 aromatic rings. The molecular formula is C12H16N2O5S. The molecule has 0 aromatic heterocycles. The summed E-state index contributed by atoms with van der Waals surface area (Å²) in [6.45, 7) is 1.76. The normalized spacial score (nSPS) is 13.6. The van der Waals surface area contributed by atoms with Gasteiger partial charge in [0.2, 0.25) is 0 Å². The number of aliphatic hydroxyl groups is 1. The first-order valence-corrected chi connectivity index (χ1v) is 7.11. The largest absolute Gasteiger partial charge is 0.478 e. The van der Waals surface area contributed by atoms with Crippen molar-refractivity contribution in [2.45, 2.75) is 18.2 Å². The van der Waals surface area contributed by atoms with Crippen LogP contribution in [0.5, 0.6) is 0 Å². The van der Waals surface area contributed by atoms with E-state index in [0.29, 0.717) is 5.69 Å². The number of carboxylic acid groups (broad SMARTS) is 1. The fraction of sp³-hybridized carbons (Fsp3) is 0.417. The molecule has 1 aromatic carbocycles. The Kier molecular flexibility index (Phi) is 5.78. The number of nitro benzene ring substituents is 1. The van der Waals surface area contributed by atoms with E-state index in [1.54, 1.807) is 0 Å². The monoisotopic (exact) mass is 300 g/mol. The number of hydrogen-bond donors (Lipinski definition) is 3. The molecule has 0 aliphatic carbocycles. The maximum Gasteiger partial charge on any atom is 0.338 e. The highest BCUT2D eigenvalue weighted by Crippen LogP contribution is 2.24. The van der Waals surface area contributed by atoms with E-state index in [0.717, 1.165) is 6.07 Å². The van der Waals surface area contributed by atoms with Gasteiger partial charge in [-0.05, 0) is 19.2 Å². The van der Waals surface area contributed by atoms with E-state index in [2.05, 4.69) is 5.32 Å². The van der Waals surface area contributed by atoms with Crippen molar-refractivity contribution >= 4 is 29.1 Å². The minimum atomic E-state index is -1.24. The third-order valence-electron chi connectivity index (χ3n) is 2.87. The van der Waals surface area contributed by atoms with Crippen LogP contribution in [-0.4, -0.2) is 45.3 Å². The van der Waals surface area contributed by atoms with Crippen LogP contribution in [0.15, 0.2) is 18.2 Å². The third-order valence-corrected chi connectivity index (χ3v) is 4.03. The highest BCUT2D eigenvalue weighted by atomic mass is 32.2. The Labute approximate surface area is 120 Å². The summed E-state index contributed by atoms with van der Waals surface area (Å²) < 4.78 is 0. The van der Waals surface area contributed by atoms with Crippen LogP contribution in [0.2, 0.25) is 0 Å². The number of non-ortho nitro benzene ring substituents is 1. The van der Waals surface area contributed by atoms with E-state index in [-0.39, 0.29) is 29.1 Å². The smallest absolute Gasteiger partial charge is 0.338 e. The number of hydrogen-bond acceptors (Lipinski definition) is 6. The Hall–Kier alpha value is -1.80. The van der Waals surface area contributed by atoms with Crippen molar-refractivity contribution in [1.29, 1.82) is 0 Å². The summed E-state index contributed by atoms with van der Waals surface area (Å²) in [7, 11) is 0. The second-order valence-electron chi connectivity index (χ2n) is 4.18. The minimum Gasteiger partial charge on any atom is -0.478 e. The molecule has 20 heavy (non-hydrogen) atoms. The molecule has 0 fully saturated rings. The lowest BCUT2D eigenvalue weighted by molar-refractivity contribution is -0.384. The molecule has 0 saturated carbocycles. The standard InChI is InChI=1S/C12H16N2O5S/c1-7(11(6-15)20-2)13-10-4-3-8(14(18)19)5-9(10)12(16)17/h3-5,7,11,13,15H,6H2,1-2H3,(H,16,17). The van der Waals surface area contributed by atoms with Gasteiger partial charge >= 0.3 is 5.97 Å². The Balaban J connectivity index is 3.06. The van der Waals surface area contributed by atoms with Crippen LogP contribution in [-0.2, 0) is 0 Å². The summed E-state index contributed by atoms with van der Waals surface area (Å²) in [6, 6.07) is 3.45. The van der Waals surface area contributed by atoms with Crippen LogP contribution in [0.3, 0.4) is 0 Å². The van der Waals surface area contributed by atoms with Gasteiger partial charge in [0.1, 0.15) is 0 Å². The Bertz CT molecular complexity index is 505. The molecule has 0 aliphatic heterocycles. The average molecular weight is 300 g/mol. The number of carbonyl (C=O) groups is 1. The molecule has 0 heterocycles. The van der Waals surface area contributed by atoms with Crippen molar-refractivity contribution in [2.75, 3.05) is 18.2 Å². The van der Waals surface area contributed by atoms with E-state index in [1.807, 2.05) is 13.2 Å². The number of benzene rings is 1. The molecule has 110 valence electrons. The zero-order valence-electron chi connectivity index (χ0n) is 11.1. The molecule has 8 heteroatoms. The average Bonchev–Trinajstić information content (AvgIpc) is 2.39. The molecule has 0 aliphatic rings. The first-order chi connectivity index (χ1) is 9.40. The van der Waals surface area contributed by atoms with Crippen LogP contribution in [0.25, 0.3) is 0 Å². The summed E-state index contributed by atoms with van der Waals surface area (Å²) in [5, 5.41) is 31.9. The number of thioether (sulfide) groups is 1. The Morgan fingerprint density at radius 2 is 2.20 bits per heavy atom. The van der Waals surface area contributed by atoms with Gasteiger partial charge in [0.25, 0.3) is 5.69 Å². The van der Waals surface area contributed by atoms with Crippen LogP contribution < -0.4 is 5.32 Å².